The van der Waals surface area contributed by atoms with E-state index in [4.69, 9.17) is 5.73 Å². The summed E-state index contributed by atoms with van der Waals surface area (Å²) in [7, 11) is 3.43. The molecule has 5 heteroatoms. The standard InChI is InChI=1S/C13H27N3O2/c1-5-13(14,6-2)10-15-11(17)8-7-9-12(18)16(3)4/h5-10,14H2,1-4H3,(H,15,17). The van der Waals surface area contributed by atoms with Crippen LogP contribution in [0.3, 0.4) is 0 Å². The summed E-state index contributed by atoms with van der Waals surface area (Å²) in [6.07, 6.45) is 3.04. The van der Waals surface area contributed by atoms with Crippen molar-refractivity contribution in [1.29, 1.82) is 0 Å². The molecule has 106 valence electrons. The van der Waals surface area contributed by atoms with Gasteiger partial charge in [0.25, 0.3) is 0 Å². The van der Waals surface area contributed by atoms with Gasteiger partial charge in [-0.15, -0.1) is 0 Å². The van der Waals surface area contributed by atoms with E-state index in [1.807, 2.05) is 13.8 Å². The fraction of sp³-hybridized carbons (Fsp3) is 0.846. The molecule has 18 heavy (non-hydrogen) atoms. The summed E-state index contributed by atoms with van der Waals surface area (Å²) in [6, 6.07) is 0. The van der Waals surface area contributed by atoms with Gasteiger partial charge < -0.3 is 16.0 Å². The summed E-state index contributed by atoms with van der Waals surface area (Å²) in [4.78, 5) is 24.4. The molecule has 0 aromatic heterocycles. The molecule has 2 amide bonds. The van der Waals surface area contributed by atoms with Gasteiger partial charge in [-0.25, -0.2) is 0 Å². The van der Waals surface area contributed by atoms with Crippen molar-refractivity contribution in [3.63, 3.8) is 0 Å². The van der Waals surface area contributed by atoms with Gasteiger partial charge in [0.05, 0.1) is 0 Å². The Morgan fingerprint density at radius 1 is 1.17 bits per heavy atom. The number of carbonyl (C=O) groups excluding carboxylic acids is 2. The van der Waals surface area contributed by atoms with E-state index >= 15 is 0 Å². The van der Waals surface area contributed by atoms with E-state index in [0.717, 1.165) is 12.8 Å². The first-order chi connectivity index (χ1) is 8.34. The maximum absolute atomic E-state index is 11.6. The third-order valence-electron chi connectivity index (χ3n) is 3.34. The SMILES string of the molecule is CCC(N)(CC)CNC(=O)CCCC(=O)N(C)C. The topological polar surface area (TPSA) is 75.4 Å². The van der Waals surface area contributed by atoms with Gasteiger partial charge >= 0.3 is 0 Å². The largest absolute Gasteiger partial charge is 0.354 e. The Morgan fingerprint density at radius 2 is 1.72 bits per heavy atom. The number of nitrogens with zero attached hydrogens (tertiary/aromatic N) is 1. The molecular weight excluding hydrogens is 230 g/mol. The molecule has 0 fully saturated rings. The van der Waals surface area contributed by atoms with Crippen LogP contribution >= 0.6 is 0 Å². The highest BCUT2D eigenvalue weighted by molar-refractivity contribution is 5.78. The van der Waals surface area contributed by atoms with Crippen LogP contribution in [0.4, 0.5) is 0 Å². The first-order valence-corrected chi connectivity index (χ1v) is 6.60. The Hall–Kier alpha value is -1.10. The average Bonchev–Trinajstić information content (AvgIpc) is 2.35. The normalized spacial score (nSPS) is 11.2. The molecule has 0 rings (SSSR count). The number of amides is 2. The van der Waals surface area contributed by atoms with Crippen molar-refractivity contribution in [3.05, 3.63) is 0 Å². The molecule has 3 N–H and O–H groups in total. The van der Waals surface area contributed by atoms with Crippen LogP contribution in [0.15, 0.2) is 0 Å². The molecular formula is C13H27N3O2. The third-order valence-corrected chi connectivity index (χ3v) is 3.34. The lowest BCUT2D eigenvalue weighted by Gasteiger charge is -2.26. The zero-order valence-corrected chi connectivity index (χ0v) is 12.1. The van der Waals surface area contributed by atoms with Gasteiger partial charge in [0.15, 0.2) is 0 Å². The molecule has 0 aliphatic rings. The highest BCUT2D eigenvalue weighted by Gasteiger charge is 2.20. The van der Waals surface area contributed by atoms with Crippen LogP contribution < -0.4 is 11.1 Å². The minimum atomic E-state index is -0.310. The molecule has 0 heterocycles. The molecule has 0 aliphatic carbocycles. The van der Waals surface area contributed by atoms with E-state index in [-0.39, 0.29) is 17.4 Å². The molecule has 0 aromatic carbocycles. The molecule has 0 spiro atoms. The highest BCUT2D eigenvalue weighted by Crippen LogP contribution is 2.09. The maximum atomic E-state index is 11.6. The van der Waals surface area contributed by atoms with Gasteiger partial charge in [0.1, 0.15) is 0 Å². The summed E-state index contributed by atoms with van der Waals surface area (Å²) in [5.74, 6) is 0.0244. The van der Waals surface area contributed by atoms with E-state index in [2.05, 4.69) is 5.32 Å². The van der Waals surface area contributed by atoms with Gasteiger partial charge in [0.2, 0.25) is 11.8 Å². The number of hydrogen-bond donors (Lipinski definition) is 2. The lowest BCUT2D eigenvalue weighted by Crippen LogP contribution is -2.49. The lowest BCUT2D eigenvalue weighted by atomic mass is 9.94. The second-order valence-corrected chi connectivity index (χ2v) is 4.99. The zero-order valence-electron chi connectivity index (χ0n) is 12.1. The van der Waals surface area contributed by atoms with Crippen LogP contribution in [0.25, 0.3) is 0 Å². The smallest absolute Gasteiger partial charge is 0.222 e. The Morgan fingerprint density at radius 3 is 2.17 bits per heavy atom. The molecule has 0 saturated heterocycles. The Bertz CT molecular complexity index is 273. The number of carbonyl (C=O) groups is 2. The average molecular weight is 257 g/mol. The van der Waals surface area contributed by atoms with Crippen LogP contribution in [-0.2, 0) is 9.59 Å². The van der Waals surface area contributed by atoms with E-state index in [1.165, 1.54) is 4.90 Å². The molecule has 0 saturated carbocycles. The van der Waals surface area contributed by atoms with Crippen LogP contribution in [0, 0.1) is 0 Å². The monoisotopic (exact) mass is 257 g/mol. The van der Waals surface area contributed by atoms with E-state index in [0.29, 0.717) is 25.8 Å². The van der Waals surface area contributed by atoms with Crippen molar-refractivity contribution >= 4 is 11.8 Å². The summed E-state index contributed by atoms with van der Waals surface area (Å²) in [5.41, 5.74) is 5.78. The van der Waals surface area contributed by atoms with Gasteiger partial charge in [-0.05, 0) is 19.3 Å². The summed E-state index contributed by atoms with van der Waals surface area (Å²) >= 11 is 0. The number of hydrogen-bond acceptors (Lipinski definition) is 3. The third kappa shape index (κ3) is 6.59. The molecule has 5 nitrogen and oxygen atoms in total. The number of nitrogens with two attached hydrogens (primary N) is 1. The lowest BCUT2D eigenvalue weighted by molar-refractivity contribution is -0.129. The minimum Gasteiger partial charge on any atom is -0.354 e. The summed E-state index contributed by atoms with van der Waals surface area (Å²) in [5, 5.41) is 2.84. The van der Waals surface area contributed by atoms with Gasteiger partial charge in [0, 0.05) is 39.0 Å². The predicted molar refractivity (Wildman–Crippen MR) is 73.1 cm³/mol. The second-order valence-electron chi connectivity index (χ2n) is 4.99. The summed E-state index contributed by atoms with van der Waals surface area (Å²) < 4.78 is 0. The number of nitrogens with one attached hydrogen (secondary N) is 1. The summed E-state index contributed by atoms with van der Waals surface area (Å²) in [6.45, 7) is 4.54. The van der Waals surface area contributed by atoms with E-state index in [9.17, 15) is 9.59 Å². The fourth-order valence-electron chi connectivity index (χ4n) is 1.49. The van der Waals surface area contributed by atoms with E-state index in [1.54, 1.807) is 14.1 Å². The van der Waals surface area contributed by atoms with Crippen molar-refractivity contribution in [2.45, 2.75) is 51.5 Å². The first kappa shape index (κ1) is 16.9. The van der Waals surface area contributed by atoms with Gasteiger partial charge in [-0.1, -0.05) is 13.8 Å². The Balaban J connectivity index is 3.82. The Kier molecular flexibility index (Phi) is 7.59. The molecule has 0 aromatic rings. The quantitative estimate of drug-likeness (QED) is 0.677. The van der Waals surface area contributed by atoms with Crippen molar-refractivity contribution in [3.8, 4) is 0 Å². The van der Waals surface area contributed by atoms with Crippen molar-refractivity contribution in [2.24, 2.45) is 5.73 Å². The molecule has 0 bridgehead atoms. The Labute approximate surface area is 110 Å². The van der Waals surface area contributed by atoms with Crippen molar-refractivity contribution in [1.82, 2.24) is 10.2 Å². The molecule has 0 atom stereocenters. The highest BCUT2D eigenvalue weighted by atomic mass is 16.2. The van der Waals surface area contributed by atoms with Crippen LogP contribution in [0.2, 0.25) is 0 Å². The van der Waals surface area contributed by atoms with Gasteiger partial charge in [-0.3, -0.25) is 9.59 Å². The maximum Gasteiger partial charge on any atom is 0.222 e. The van der Waals surface area contributed by atoms with Crippen LogP contribution in [0.1, 0.15) is 46.0 Å². The first-order valence-electron chi connectivity index (χ1n) is 6.60. The molecule has 0 radical (unpaired) electrons. The van der Waals surface area contributed by atoms with Crippen LogP contribution in [-0.4, -0.2) is 42.9 Å². The molecule has 0 aliphatic heterocycles. The van der Waals surface area contributed by atoms with E-state index < -0.39 is 0 Å². The number of rotatable bonds is 8. The fourth-order valence-corrected chi connectivity index (χ4v) is 1.49. The van der Waals surface area contributed by atoms with Crippen LogP contribution in [0.5, 0.6) is 0 Å². The molecule has 0 unspecified atom stereocenters. The second kappa shape index (κ2) is 8.08. The zero-order chi connectivity index (χ0) is 14.2. The minimum absolute atomic E-state index is 0.0294. The van der Waals surface area contributed by atoms with Crippen molar-refractivity contribution in [2.75, 3.05) is 20.6 Å². The van der Waals surface area contributed by atoms with Crippen molar-refractivity contribution < 1.29 is 9.59 Å². The predicted octanol–water partition coefficient (Wildman–Crippen LogP) is 0.879. The van der Waals surface area contributed by atoms with Gasteiger partial charge in [-0.2, -0.15) is 0 Å².